The highest BCUT2D eigenvalue weighted by Gasteiger charge is 2.15. The minimum Gasteiger partial charge on any atom is -0.321 e. The number of carbonyl (C=O) groups excluding carboxylic acids is 1. The molecule has 1 aromatic heterocycles. The molecule has 3 rings (SSSR count). The molecule has 4 nitrogen and oxygen atoms in total. The number of para-hydroxylation sites is 1. The summed E-state index contributed by atoms with van der Waals surface area (Å²) in [6.07, 6.45) is 1.65. The van der Waals surface area contributed by atoms with Crippen molar-refractivity contribution in [1.29, 1.82) is 5.26 Å². The molecule has 0 aliphatic carbocycles. The van der Waals surface area contributed by atoms with E-state index in [4.69, 9.17) is 0 Å². The number of amides is 1. The van der Waals surface area contributed by atoms with Crippen LogP contribution in [0.1, 0.15) is 28.1 Å². The Bertz CT molecular complexity index is 1170. The lowest BCUT2D eigenvalue weighted by Crippen LogP contribution is -2.14. The third-order valence-electron chi connectivity index (χ3n) is 4.87. The summed E-state index contributed by atoms with van der Waals surface area (Å²) in [5.74, 6) is -0.410. The molecule has 1 heterocycles. The molecule has 5 heteroatoms. The first-order chi connectivity index (χ1) is 13.8. The van der Waals surface area contributed by atoms with E-state index >= 15 is 0 Å². The summed E-state index contributed by atoms with van der Waals surface area (Å²) in [5.41, 5.74) is 6.62. The van der Waals surface area contributed by atoms with Crippen molar-refractivity contribution >= 4 is 33.6 Å². The van der Waals surface area contributed by atoms with Gasteiger partial charge in [-0.15, -0.1) is 0 Å². The fourth-order valence-corrected chi connectivity index (χ4v) is 3.76. The topological polar surface area (TPSA) is 57.8 Å². The van der Waals surface area contributed by atoms with Crippen LogP contribution in [0, 0.1) is 39.0 Å². The molecule has 146 valence electrons. The van der Waals surface area contributed by atoms with Crippen LogP contribution < -0.4 is 5.32 Å². The van der Waals surface area contributed by atoms with E-state index < -0.39 is 5.91 Å². The van der Waals surface area contributed by atoms with Crippen LogP contribution in [-0.4, -0.2) is 10.5 Å². The third-order valence-corrected chi connectivity index (χ3v) is 5.54. The van der Waals surface area contributed by atoms with Gasteiger partial charge < -0.3 is 9.88 Å². The predicted octanol–water partition coefficient (Wildman–Crippen LogP) is 6.02. The molecule has 0 fully saturated rings. The highest BCUT2D eigenvalue weighted by Crippen LogP contribution is 2.28. The second-order valence-corrected chi connectivity index (χ2v) is 7.91. The number of aromatic nitrogens is 1. The summed E-state index contributed by atoms with van der Waals surface area (Å²) < 4.78 is 3.08. The van der Waals surface area contributed by atoms with E-state index in [1.54, 1.807) is 6.08 Å². The van der Waals surface area contributed by atoms with Gasteiger partial charge in [0.2, 0.25) is 0 Å². The molecule has 0 saturated heterocycles. The largest absolute Gasteiger partial charge is 0.321 e. The van der Waals surface area contributed by atoms with Crippen molar-refractivity contribution in [1.82, 2.24) is 4.57 Å². The number of hydrogen-bond donors (Lipinski definition) is 1. The summed E-state index contributed by atoms with van der Waals surface area (Å²) in [5, 5.41) is 12.5. The highest BCUT2D eigenvalue weighted by molar-refractivity contribution is 9.10. The van der Waals surface area contributed by atoms with E-state index in [0.717, 1.165) is 43.9 Å². The van der Waals surface area contributed by atoms with E-state index in [-0.39, 0.29) is 5.57 Å². The maximum Gasteiger partial charge on any atom is 0.266 e. The molecule has 0 unspecified atom stereocenters. The number of anilines is 1. The molecule has 0 bridgehead atoms. The molecular weight excluding hydrogens is 426 g/mol. The van der Waals surface area contributed by atoms with Crippen molar-refractivity contribution in [2.45, 2.75) is 27.7 Å². The van der Waals surface area contributed by atoms with Crippen LogP contribution >= 0.6 is 15.9 Å². The second kappa shape index (κ2) is 8.50. The van der Waals surface area contributed by atoms with Crippen LogP contribution in [0.5, 0.6) is 0 Å². The van der Waals surface area contributed by atoms with Gasteiger partial charge >= 0.3 is 0 Å². The fourth-order valence-electron chi connectivity index (χ4n) is 3.30. The van der Waals surface area contributed by atoms with E-state index in [1.165, 1.54) is 0 Å². The van der Waals surface area contributed by atoms with Crippen molar-refractivity contribution in [2.24, 2.45) is 0 Å². The Labute approximate surface area is 179 Å². The zero-order chi connectivity index (χ0) is 21.1. The van der Waals surface area contributed by atoms with Gasteiger partial charge in [-0.3, -0.25) is 4.79 Å². The van der Waals surface area contributed by atoms with Crippen LogP contribution in [0.3, 0.4) is 0 Å². The predicted molar refractivity (Wildman–Crippen MR) is 121 cm³/mol. The van der Waals surface area contributed by atoms with Crippen LogP contribution in [0.15, 0.2) is 58.6 Å². The minimum atomic E-state index is -0.410. The monoisotopic (exact) mass is 447 g/mol. The van der Waals surface area contributed by atoms with E-state index in [1.807, 2.05) is 82.3 Å². The van der Waals surface area contributed by atoms with Crippen LogP contribution in [0.25, 0.3) is 11.8 Å². The number of benzene rings is 2. The van der Waals surface area contributed by atoms with Gasteiger partial charge in [0.05, 0.1) is 5.69 Å². The van der Waals surface area contributed by atoms with Crippen molar-refractivity contribution in [3.8, 4) is 11.8 Å². The lowest BCUT2D eigenvalue weighted by molar-refractivity contribution is -0.112. The van der Waals surface area contributed by atoms with Crippen molar-refractivity contribution in [3.63, 3.8) is 0 Å². The van der Waals surface area contributed by atoms with Crippen molar-refractivity contribution in [2.75, 3.05) is 5.32 Å². The number of aryl methyl sites for hydroxylation is 3. The fraction of sp³-hybridized carbons (Fsp3) is 0.167. The Hall–Kier alpha value is -3.10. The summed E-state index contributed by atoms with van der Waals surface area (Å²) in [6.45, 7) is 7.88. The van der Waals surface area contributed by atoms with Gasteiger partial charge in [0, 0.05) is 21.5 Å². The summed E-state index contributed by atoms with van der Waals surface area (Å²) in [7, 11) is 0. The normalized spacial score (nSPS) is 11.2. The first-order valence-corrected chi connectivity index (χ1v) is 10.1. The molecule has 0 aliphatic heterocycles. The molecule has 3 aromatic rings. The van der Waals surface area contributed by atoms with Crippen LogP contribution in [0.2, 0.25) is 0 Å². The Morgan fingerprint density at radius 2 is 1.83 bits per heavy atom. The highest BCUT2D eigenvalue weighted by atomic mass is 79.9. The minimum absolute atomic E-state index is 0.0679. The molecule has 0 saturated carbocycles. The number of nitrogens with one attached hydrogen (secondary N) is 1. The average Bonchev–Trinajstić information content (AvgIpc) is 2.96. The zero-order valence-corrected chi connectivity index (χ0v) is 18.5. The number of rotatable bonds is 4. The van der Waals surface area contributed by atoms with E-state index in [2.05, 4.69) is 25.8 Å². The van der Waals surface area contributed by atoms with Gasteiger partial charge in [0.15, 0.2) is 0 Å². The number of nitriles is 1. The second-order valence-electron chi connectivity index (χ2n) is 7.06. The van der Waals surface area contributed by atoms with Gasteiger partial charge in [-0.25, -0.2) is 0 Å². The first kappa shape index (κ1) is 20.6. The quantitative estimate of drug-likeness (QED) is 0.392. The molecule has 0 atom stereocenters. The number of halogens is 1. The van der Waals surface area contributed by atoms with E-state index in [9.17, 15) is 10.1 Å². The molecule has 0 aliphatic rings. The SMILES string of the molecule is Cc1ccc(C)c(NC(=O)/C(C#N)=C\c2cc(C)n(-c3ccccc3Br)c2C)c1. The maximum absolute atomic E-state index is 12.7. The third kappa shape index (κ3) is 4.33. The van der Waals surface area contributed by atoms with E-state index in [0.29, 0.717) is 0 Å². The van der Waals surface area contributed by atoms with Gasteiger partial charge in [0.1, 0.15) is 11.6 Å². The first-order valence-electron chi connectivity index (χ1n) is 9.26. The van der Waals surface area contributed by atoms with Crippen molar-refractivity contribution < 1.29 is 4.79 Å². The molecular formula is C24H22BrN3O. The molecule has 29 heavy (non-hydrogen) atoms. The van der Waals surface area contributed by atoms with Crippen LogP contribution in [0.4, 0.5) is 5.69 Å². The Balaban J connectivity index is 1.97. The zero-order valence-electron chi connectivity index (χ0n) is 16.9. The maximum atomic E-state index is 12.7. The number of nitrogens with zero attached hydrogens (tertiary/aromatic N) is 2. The lowest BCUT2D eigenvalue weighted by atomic mass is 10.1. The molecule has 0 radical (unpaired) electrons. The summed E-state index contributed by atoms with van der Waals surface area (Å²) in [4.78, 5) is 12.7. The number of carbonyl (C=O) groups is 1. The standard InChI is InChI=1S/C24H22BrN3O/c1-15-9-10-16(2)22(11-15)27-24(29)20(14-26)13-19-12-17(3)28(18(19)4)23-8-6-5-7-21(23)25/h5-13H,1-4H3,(H,27,29)/b20-13-. The Kier molecular flexibility index (Phi) is 6.05. The lowest BCUT2D eigenvalue weighted by Gasteiger charge is -2.11. The average molecular weight is 448 g/mol. The molecule has 1 amide bonds. The van der Waals surface area contributed by atoms with Gasteiger partial charge in [-0.05, 0) is 90.7 Å². The Morgan fingerprint density at radius 1 is 1.10 bits per heavy atom. The smallest absolute Gasteiger partial charge is 0.266 e. The summed E-state index contributed by atoms with van der Waals surface area (Å²) >= 11 is 3.60. The van der Waals surface area contributed by atoms with Gasteiger partial charge in [-0.1, -0.05) is 24.3 Å². The summed E-state index contributed by atoms with van der Waals surface area (Å²) in [6, 6.07) is 17.8. The molecule has 2 aromatic carbocycles. The van der Waals surface area contributed by atoms with Gasteiger partial charge in [-0.2, -0.15) is 5.26 Å². The van der Waals surface area contributed by atoms with Crippen LogP contribution in [-0.2, 0) is 4.79 Å². The van der Waals surface area contributed by atoms with Gasteiger partial charge in [0.25, 0.3) is 5.91 Å². The van der Waals surface area contributed by atoms with Crippen molar-refractivity contribution in [3.05, 3.63) is 86.7 Å². The number of hydrogen-bond acceptors (Lipinski definition) is 2. The molecule has 1 N–H and O–H groups in total. The molecule has 0 spiro atoms. The Morgan fingerprint density at radius 3 is 2.52 bits per heavy atom.